The molecule has 8 heteroatoms. The minimum Gasteiger partial charge on any atom is -0.395 e. The Hall–Kier alpha value is -2.09. The summed E-state index contributed by atoms with van der Waals surface area (Å²) in [6.45, 7) is 4.81. The third-order valence-corrected chi connectivity index (χ3v) is 3.55. The van der Waals surface area contributed by atoms with E-state index in [0.29, 0.717) is 18.8 Å². The molecule has 8 nitrogen and oxygen atoms in total. The van der Waals surface area contributed by atoms with Crippen LogP contribution in [0.2, 0.25) is 0 Å². The number of H-pyrrole nitrogens is 1. The number of ether oxygens (including phenoxy) is 1. The lowest BCUT2D eigenvalue weighted by Crippen LogP contribution is -2.55. The van der Waals surface area contributed by atoms with Gasteiger partial charge in [-0.15, -0.1) is 0 Å². The molecule has 1 aromatic heterocycles. The van der Waals surface area contributed by atoms with Gasteiger partial charge in [0.1, 0.15) is 6.04 Å². The van der Waals surface area contributed by atoms with Crippen LogP contribution in [0.3, 0.4) is 0 Å². The van der Waals surface area contributed by atoms with Gasteiger partial charge in [-0.3, -0.25) is 14.7 Å². The van der Waals surface area contributed by atoms with Crippen LogP contribution in [-0.4, -0.2) is 59.8 Å². The van der Waals surface area contributed by atoms with Crippen LogP contribution in [0.25, 0.3) is 0 Å². The molecule has 0 aliphatic carbocycles. The van der Waals surface area contributed by atoms with Crippen LogP contribution < -0.4 is 11.1 Å². The zero-order valence-corrected chi connectivity index (χ0v) is 12.5. The molecule has 1 atom stereocenters. The first-order valence-electron chi connectivity index (χ1n) is 6.91. The number of hydrogen-bond acceptors (Lipinski definition) is 5. The van der Waals surface area contributed by atoms with E-state index in [1.54, 1.807) is 0 Å². The first-order valence-corrected chi connectivity index (χ1v) is 6.91. The Morgan fingerprint density at radius 3 is 2.81 bits per heavy atom. The van der Waals surface area contributed by atoms with Crippen molar-refractivity contribution in [1.82, 2.24) is 20.4 Å². The van der Waals surface area contributed by atoms with E-state index in [-0.39, 0.29) is 30.0 Å². The second kappa shape index (κ2) is 6.13. The maximum atomic E-state index is 12.6. The predicted octanol–water partition coefficient (Wildman–Crippen LogP) is -0.298. The fraction of sp³-hybridized carbons (Fsp3) is 0.615. The molecule has 1 fully saturated rings. The lowest BCUT2D eigenvalue weighted by atomic mass is 10.1. The Bertz CT molecular complexity index is 540. The zero-order valence-electron chi connectivity index (χ0n) is 12.5. The van der Waals surface area contributed by atoms with Crippen molar-refractivity contribution in [3.05, 3.63) is 11.4 Å². The van der Waals surface area contributed by atoms with E-state index < -0.39 is 6.04 Å². The van der Waals surface area contributed by atoms with Gasteiger partial charge in [-0.25, -0.2) is 0 Å². The average Bonchev–Trinajstić information content (AvgIpc) is 2.87. The molecule has 4 N–H and O–H groups in total. The first kappa shape index (κ1) is 15.3. The summed E-state index contributed by atoms with van der Waals surface area (Å²) < 4.78 is 5.28. The molecule has 116 valence electrons. The van der Waals surface area contributed by atoms with Crippen molar-refractivity contribution >= 4 is 17.5 Å². The molecule has 21 heavy (non-hydrogen) atoms. The lowest BCUT2D eigenvalue weighted by molar-refractivity contribution is -0.130. The SMILES string of the molecule is CNC(=O)C1COCCN1C(=O)c1n[nH]c(C(C)C)c1N. The average molecular weight is 295 g/mol. The summed E-state index contributed by atoms with van der Waals surface area (Å²) >= 11 is 0. The number of nitrogen functional groups attached to an aromatic ring is 1. The maximum absolute atomic E-state index is 12.6. The number of carbonyl (C=O) groups is 2. The molecule has 2 amide bonds. The van der Waals surface area contributed by atoms with Gasteiger partial charge in [0.15, 0.2) is 5.69 Å². The van der Waals surface area contributed by atoms with E-state index in [0.717, 1.165) is 5.69 Å². The van der Waals surface area contributed by atoms with Crippen molar-refractivity contribution in [3.8, 4) is 0 Å². The summed E-state index contributed by atoms with van der Waals surface area (Å²) in [7, 11) is 1.53. The minimum atomic E-state index is -0.658. The van der Waals surface area contributed by atoms with Gasteiger partial charge in [-0.1, -0.05) is 13.8 Å². The summed E-state index contributed by atoms with van der Waals surface area (Å²) in [5.74, 6) is -0.479. The van der Waals surface area contributed by atoms with E-state index in [1.165, 1.54) is 11.9 Å². The van der Waals surface area contributed by atoms with Crippen molar-refractivity contribution in [2.75, 3.05) is 32.5 Å². The van der Waals surface area contributed by atoms with Crippen molar-refractivity contribution in [3.63, 3.8) is 0 Å². The molecule has 2 rings (SSSR count). The van der Waals surface area contributed by atoms with E-state index >= 15 is 0 Å². The van der Waals surface area contributed by atoms with E-state index in [4.69, 9.17) is 10.5 Å². The molecule has 0 saturated carbocycles. The van der Waals surface area contributed by atoms with Gasteiger partial charge in [0.2, 0.25) is 5.91 Å². The highest BCUT2D eigenvalue weighted by Crippen LogP contribution is 2.24. The van der Waals surface area contributed by atoms with Gasteiger partial charge >= 0.3 is 0 Å². The number of nitrogens with two attached hydrogens (primary N) is 1. The fourth-order valence-electron chi connectivity index (χ4n) is 2.33. The Morgan fingerprint density at radius 2 is 2.24 bits per heavy atom. The molecular weight excluding hydrogens is 274 g/mol. The van der Waals surface area contributed by atoms with Crippen molar-refractivity contribution in [2.24, 2.45) is 0 Å². The molecule has 0 spiro atoms. The molecule has 0 bridgehead atoms. The number of nitrogens with one attached hydrogen (secondary N) is 2. The third-order valence-electron chi connectivity index (χ3n) is 3.55. The Morgan fingerprint density at radius 1 is 1.52 bits per heavy atom. The summed E-state index contributed by atoms with van der Waals surface area (Å²) in [6.07, 6.45) is 0. The van der Waals surface area contributed by atoms with Gasteiger partial charge in [0.25, 0.3) is 5.91 Å². The largest absolute Gasteiger partial charge is 0.395 e. The molecule has 2 heterocycles. The van der Waals surface area contributed by atoms with Crippen LogP contribution in [0.1, 0.15) is 35.9 Å². The molecule has 0 radical (unpaired) electrons. The third kappa shape index (κ3) is 2.85. The number of morpholine rings is 1. The number of rotatable bonds is 3. The number of likely N-dealkylation sites (N-methyl/N-ethyl adjacent to an activating group) is 1. The van der Waals surface area contributed by atoms with Gasteiger partial charge in [-0.2, -0.15) is 5.10 Å². The van der Waals surface area contributed by atoms with Gasteiger partial charge in [0, 0.05) is 13.6 Å². The number of hydrogen-bond donors (Lipinski definition) is 3. The van der Waals surface area contributed by atoms with Crippen LogP contribution in [0.15, 0.2) is 0 Å². The van der Waals surface area contributed by atoms with Crippen LogP contribution in [0.5, 0.6) is 0 Å². The normalized spacial score (nSPS) is 18.9. The van der Waals surface area contributed by atoms with Crippen molar-refractivity contribution in [2.45, 2.75) is 25.8 Å². The highest BCUT2D eigenvalue weighted by Gasteiger charge is 2.35. The standard InChI is InChI=1S/C13H21N5O3/c1-7(2)10-9(14)11(17-16-10)13(20)18-4-5-21-6-8(18)12(19)15-3/h7-8H,4-6,14H2,1-3H3,(H,15,19)(H,16,17). The topological polar surface area (TPSA) is 113 Å². The van der Waals surface area contributed by atoms with Gasteiger partial charge < -0.3 is 20.7 Å². The van der Waals surface area contributed by atoms with Gasteiger partial charge in [-0.05, 0) is 5.92 Å². The predicted molar refractivity (Wildman–Crippen MR) is 76.8 cm³/mol. The smallest absolute Gasteiger partial charge is 0.277 e. The molecule has 1 unspecified atom stereocenters. The zero-order chi connectivity index (χ0) is 15.6. The number of anilines is 1. The van der Waals surface area contributed by atoms with Crippen LogP contribution in [0.4, 0.5) is 5.69 Å². The monoisotopic (exact) mass is 295 g/mol. The maximum Gasteiger partial charge on any atom is 0.277 e. The van der Waals surface area contributed by atoms with E-state index in [9.17, 15) is 9.59 Å². The van der Waals surface area contributed by atoms with Crippen LogP contribution in [0, 0.1) is 0 Å². The number of nitrogens with zero attached hydrogens (tertiary/aromatic N) is 2. The molecular formula is C13H21N5O3. The van der Waals surface area contributed by atoms with Crippen LogP contribution >= 0.6 is 0 Å². The second-order valence-electron chi connectivity index (χ2n) is 5.26. The van der Waals surface area contributed by atoms with Crippen molar-refractivity contribution < 1.29 is 14.3 Å². The number of carbonyl (C=O) groups excluding carboxylic acids is 2. The van der Waals surface area contributed by atoms with Crippen LogP contribution in [-0.2, 0) is 9.53 Å². The second-order valence-corrected chi connectivity index (χ2v) is 5.26. The van der Waals surface area contributed by atoms with E-state index in [2.05, 4.69) is 15.5 Å². The highest BCUT2D eigenvalue weighted by molar-refractivity contribution is 6.00. The molecule has 1 aliphatic heterocycles. The Kier molecular flexibility index (Phi) is 4.46. The summed E-state index contributed by atoms with van der Waals surface area (Å²) in [5.41, 5.74) is 7.22. The first-order chi connectivity index (χ1) is 9.97. The minimum absolute atomic E-state index is 0.137. The van der Waals surface area contributed by atoms with Crippen molar-refractivity contribution in [1.29, 1.82) is 0 Å². The fourth-order valence-corrected chi connectivity index (χ4v) is 2.33. The molecule has 1 aliphatic rings. The molecule has 0 aromatic carbocycles. The molecule has 1 saturated heterocycles. The van der Waals surface area contributed by atoms with E-state index in [1.807, 2.05) is 13.8 Å². The number of amides is 2. The summed E-state index contributed by atoms with van der Waals surface area (Å²) in [6, 6.07) is -0.658. The number of aromatic amines is 1. The quantitative estimate of drug-likeness (QED) is 0.708. The lowest BCUT2D eigenvalue weighted by Gasteiger charge is -2.33. The summed E-state index contributed by atoms with van der Waals surface area (Å²) in [5, 5.41) is 9.35. The Labute approximate surface area is 123 Å². The molecule has 1 aromatic rings. The summed E-state index contributed by atoms with van der Waals surface area (Å²) in [4.78, 5) is 25.9. The number of aromatic nitrogens is 2. The van der Waals surface area contributed by atoms with Gasteiger partial charge in [0.05, 0.1) is 24.6 Å². The Balaban J connectivity index is 2.27. The highest BCUT2D eigenvalue weighted by atomic mass is 16.5.